The summed E-state index contributed by atoms with van der Waals surface area (Å²) in [5, 5.41) is 5.56. The number of aromatic nitrogens is 2. The topological polar surface area (TPSA) is 76.1 Å². The van der Waals surface area contributed by atoms with Crippen LogP contribution in [-0.4, -0.2) is 22.9 Å². The summed E-state index contributed by atoms with van der Waals surface area (Å²) in [5.74, 6) is 1.36. The van der Waals surface area contributed by atoms with E-state index in [0.717, 1.165) is 0 Å². The SMILES string of the molecule is C=CC(=O)Nc1cccc(Oc2cc(NC)ncn2)c1. The van der Waals surface area contributed by atoms with Gasteiger partial charge >= 0.3 is 0 Å². The van der Waals surface area contributed by atoms with Crippen LogP contribution < -0.4 is 15.4 Å². The number of nitrogens with one attached hydrogen (secondary N) is 2. The Balaban J connectivity index is 2.14. The Bertz CT molecular complexity index is 628. The molecule has 1 amide bonds. The van der Waals surface area contributed by atoms with Crippen LogP contribution in [-0.2, 0) is 4.79 Å². The van der Waals surface area contributed by atoms with Crippen LogP contribution >= 0.6 is 0 Å². The van der Waals surface area contributed by atoms with Crippen molar-refractivity contribution in [2.45, 2.75) is 0 Å². The summed E-state index contributed by atoms with van der Waals surface area (Å²) in [4.78, 5) is 19.2. The molecule has 0 spiro atoms. The summed E-state index contributed by atoms with van der Waals surface area (Å²) in [6.45, 7) is 3.40. The van der Waals surface area contributed by atoms with Gasteiger partial charge in [-0.1, -0.05) is 12.6 Å². The molecule has 6 nitrogen and oxygen atoms in total. The van der Waals surface area contributed by atoms with E-state index in [-0.39, 0.29) is 5.91 Å². The molecule has 0 bridgehead atoms. The summed E-state index contributed by atoms with van der Waals surface area (Å²) < 4.78 is 5.61. The first-order valence-corrected chi connectivity index (χ1v) is 5.92. The number of nitrogens with zero attached hydrogens (tertiary/aromatic N) is 2. The van der Waals surface area contributed by atoms with Crippen LogP contribution in [0.5, 0.6) is 11.6 Å². The average molecular weight is 270 g/mol. The quantitative estimate of drug-likeness (QED) is 0.816. The summed E-state index contributed by atoms with van der Waals surface area (Å²) in [7, 11) is 1.76. The molecule has 0 aliphatic carbocycles. The van der Waals surface area contributed by atoms with Gasteiger partial charge in [0, 0.05) is 24.9 Å². The van der Waals surface area contributed by atoms with Gasteiger partial charge in [-0.3, -0.25) is 4.79 Å². The fraction of sp³-hybridized carbons (Fsp3) is 0.0714. The van der Waals surface area contributed by atoms with Crippen molar-refractivity contribution < 1.29 is 9.53 Å². The zero-order valence-electron chi connectivity index (χ0n) is 11.0. The third-order valence-corrected chi connectivity index (χ3v) is 2.41. The fourth-order valence-electron chi connectivity index (χ4n) is 1.48. The number of hydrogen-bond acceptors (Lipinski definition) is 5. The summed E-state index contributed by atoms with van der Waals surface area (Å²) >= 11 is 0. The lowest BCUT2D eigenvalue weighted by atomic mass is 10.3. The number of hydrogen-bond donors (Lipinski definition) is 2. The van der Waals surface area contributed by atoms with Gasteiger partial charge in [0.1, 0.15) is 17.9 Å². The molecule has 1 aromatic carbocycles. The van der Waals surface area contributed by atoms with Crippen LogP contribution in [0.4, 0.5) is 11.5 Å². The Labute approximate surface area is 116 Å². The maximum Gasteiger partial charge on any atom is 0.247 e. The van der Waals surface area contributed by atoms with E-state index in [9.17, 15) is 4.79 Å². The number of amides is 1. The molecule has 2 N–H and O–H groups in total. The molecule has 2 aromatic rings. The van der Waals surface area contributed by atoms with Crippen molar-refractivity contribution in [1.82, 2.24) is 9.97 Å². The number of carbonyl (C=O) groups excluding carboxylic acids is 1. The van der Waals surface area contributed by atoms with Crippen molar-refractivity contribution in [3.05, 3.63) is 49.3 Å². The van der Waals surface area contributed by atoms with Gasteiger partial charge < -0.3 is 15.4 Å². The van der Waals surface area contributed by atoms with E-state index in [1.54, 1.807) is 37.4 Å². The van der Waals surface area contributed by atoms with Crippen LogP contribution in [0.3, 0.4) is 0 Å². The first kappa shape index (κ1) is 13.5. The maximum atomic E-state index is 11.2. The number of ether oxygens (including phenoxy) is 1. The average Bonchev–Trinajstić information content (AvgIpc) is 2.47. The molecule has 2 rings (SSSR count). The highest BCUT2D eigenvalue weighted by atomic mass is 16.5. The molecule has 0 unspecified atom stereocenters. The predicted molar refractivity (Wildman–Crippen MR) is 76.9 cm³/mol. The zero-order chi connectivity index (χ0) is 14.4. The van der Waals surface area contributed by atoms with Gasteiger partial charge in [-0.05, 0) is 18.2 Å². The molecule has 0 atom stereocenters. The van der Waals surface area contributed by atoms with E-state index in [1.165, 1.54) is 12.4 Å². The lowest BCUT2D eigenvalue weighted by Crippen LogP contribution is -2.07. The minimum atomic E-state index is -0.276. The van der Waals surface area contributed by atoms with Gasteiger partial charge in [0.05, 0.1) is 0 Å². The first-order valence-electron chi connectivity index (χ1n) is 5.92. The summed E-state index contributed by atoms with van der Waals surface area (Å²) in [6, 6.07) is 8.67. The molecule has 102 valence electrons. The van der Waals surface area contributed by atoms with Crippen LogP contribution in [0.2, 0.25) is 0 Å². The van der Waals surface area contributed by atoms with E-state index < -0.39 is 0 Å². The van der Waals surface area contributed by atoms with Crippen LogP contribution in [0.15, 0.2) is 49.3 Å². The predicted octanol–water partition coefficient (Wildman–Crippen LogP) is 2.44. The van der Waals surface area contributed by atoms with E-state index in [0.29, 0.717) is 23.1 Å². The molecule has 20 heavy (non-hydrogen) atoms. The lowest BCUT2D eigenvalue weighted by Gasteiger charge is -2.08. The molecule has 1 aromatic heterocycles. The van der Waals surface area contributed by atoms with Gasteiger partial charge in [-0.25, -0.2) is 9.97 Å². The number of rotatable bonds is 5. The highest BCUT2D eigenvalue weighted by Gasteiger charge is 2.03. The van der Waals surface area contributed by atoms with Crippen LogP contribution in [0.1, 0.15) is 0 Å². The Morgan fingerprint density at radius 1 is 1.35 bits per heavy atom. The van der Waals surface area contributed by atoms with Gasteiger partial charge in [0.25, 0.3) is 0 Å². The molecule has 0 saturated carbocycles. The second-order valence-corrected chi connectivity index (χ2v) is 3.81. The summed E-state index contributed by atoms with van der Waals surface area (Å²) in [6.07, 6.45) is 2.61. The Morgan fingerprint density at radius 2 is 2.20 bits per heavy atom. The summed E-state index contributed by atoms with van der Waals surface area (Å²) in [5.41, 5.74) is 0.621. The molecule has 0 radical (unpaired) electrons. The molecular weight excluding hydrogens is 256 g/mol. The molecule has 6 heteroatoms. The van der Waals surface area contributed by atoms with Gasteiger partial charge in [-0.2, -0.15) is 0 Å². The minimum absolute atomic E-state index is 0.276. The molecule has 0 aliphatic rings. The largest absolute Gasteiger partial charge is 0.439 e. The van der Waals surface area contributed by atoms with Crippen molar-refractivity contribution in [1.29, 1.82) is 0 Å². The lowest BCUT2D eigenvalue weighted by molar-refractivity contribution is -0.111. The monoisotopic (exact) mass is 270 g/mol. The van der Waals surface area contributed by atoms with E-state index >= 15 is 0 Å². The number of benzene rings is 1. The smallest absolute Gasteiger partial charge is 0.247 e. The van der Waals surface area contributed by atoms with Crippen molar-refractivity contribution >= 4 is 17.4 Å². The minimum Gasteiger partial charge on any atom is -0.439 e. The molecule has 0 aliphatic heterocycles. The van der Waals surface area contributed by atoms with E-state index in [1.807, 2.05) is 0 Å². The van der Waals surface area contributed by atoms with Crippen molar-refractivity contribution in [3.63, 3.8) is 0 Å². The fourth-order valence-corrected chi connectivity index (χ4v) is 1.48. The highest BCUT2D eigenvalue weighted by Crippen LogP contribution is 2.23. The number of carbonyl (C=O) groups is 1. The van der Waals surface area contributed by atoms with Gasteiger partial charge in [-0.15, -0.1) is 0 Å². The van der Waals surface area contributed by atoms with Crippen molar-refractivity contribution in [2.24, 2.45) is 0 Å². The second kappa shape index (κ2) is 6.33. The van der Waals surface area contributed by atoms with Crippen LogP contribution in [0, 0.1) is 0 Å². The number of anilines is 2. The molecule has 1 heterocycles. The van der Waals surface area contributed by atoms with E-state index in [2.05, 4.69) is 27.2 Å². The van der Waals surface area contributed by atoms with E-state index in [4.69, 9.17) is 4.74 Å². The Hall–Kier alpha value is -2.89. The molecular formula is C14H14N4O2. The second-order valence-electron chi connectivity index (χ2n) is 3.81. The molecule has 0 fully saturated rings. The third-order valence-electron chi connectivity index (χ3n) is 2.41. The zero-order valence-corrected chi connectivity index (χ0v) is 11.0. The Morgan fingerprint density at radius 3 is 2.95 bits per heavy atom. The van der Waals surface area contributed by atoms with Gasteiger partial charge in [0.2, 0.25) is 11.8 Å². The highest BCUT2D eigenvalue weighted by molar-refractivity contribution is 5.98. The van der Waals surface area contributed by atoms with Crippen molar-refractivity contribution in [3.8, 4) is 11.6 Å². The molecule has 0 saturated heterocycles. The Kier molecular flexibility index (Phi) is 4.28. The third kappa shape index (κ3) is 3.55. The first-order chi connectivity index (χ1) is 9.71. The van der Waals surface area contributed by atoms with Gasteiger partial charge in [0.15, 0.2) is 0 Å². The van der Waals surface area contributed by atoms with Crippen LogP contribution in [0.25, 0.3) is 0 Å². The standard InChI is InChI=1S/C14H14N4O2/c1-3-13(19)18-10-5-4-6-11(7-10)20-14-8-12(15-2)16-9-17-14/h3-9H,1H2,2H3,(H,18,19)(H,15,16,17). The normalized spacial score (nSPS) is 9.65. The van der Waals surface area contributed by atoms with Crippen molar-refractivity contribution in [2.75, 3.05) is 17.7 Å². The maximum absolute atomic E-state index is 11.2.